The van der Waals surface area contributed by atoms with E-state index >= 15 is 0 Å². The van der Waals surface area contributed by atoms with E-state index in [1.807, 2.05) is 6.07 Å². The predicted molar refractivity (Wildman–Crippen MR) is 66.9 cm³/mol. The summed E-state index contributed by atoms with van der Waals surface area (Å²) in [5, 5.41) is 0.765. The average Bonchev–Trinajstić information content (AvgIpc) is 2.52. The van der Waals surface area contributed by atoms with Gasteiger partial charge >= 0.3 is 0 Å². The van der Waals surface area contributed by atoms with Crippen LogP contribution in [0.3, 0.4) is 0 Å². The Morgan fingerprint density at radius 3 is 2.94 bits per heavy atom. The molecule has 1 aromatic rings. The molecule has 0 saturated heterocycles. The fraction of sp³-hybridized carbons (Fsp3) is 0.538. The van der Waals surface area contributed by atoms with Crippen LogP contribution in [0.2, 0.25) is 5.02 Å². The van der Waals surface area contributed by atoms with E-state index in [1.54, 1.807) is 0 Å². The molecule has 0 fully saturated rings. The fourth-order valence-corrected chi connectivity index (χ4v) is 2.97. The Morgan fingerprint density at radius 2 is 2.06 bits per heavy atom. The summed E-state index contributed by atoms with van der Waals surface area (Å²) >= 11 is 6.33. The van der Waals surface area contributed by atoms with Crippen molar-refractivity contribution in [3.05, 3.63) is 22.2 Å². The second-order valence-electron chi connectivity index (χ2n) is 4.63. The van der Waals surface area contributed by atoms with Crippen LogP contribution < -0.4 is 15.2 Å². The molecule has 0 bridgehead atoms. The van der Waals surface area contributed by atoms with Gasteiger partial charge in [-0.05, 0) is 24.8 Å². The van der Waals surface area contributed by atoms with Crippen molar-refractivity contribution in [1.29, 1.82) is 0 Å². The monoisotopic (exact) mass is 253 g/mol. The predicted octanol–water partition coefficient (Wildman–Crippen LogP) is 2.84. The third-order valence-corrected chi connectivity index (χ3v) is 3.83. The van der Waals surface area contributed by atoms with E-state index in [-0.39, 0.29) is 6.04 Å². The first-order chi connectivity index (χ1) is 8.27. The topological polar surface area (TPSA) is 44.5 Å². The number of rotatable bonds is 0. The standard InChI is InChI=1S/C13H16ClNO2/c14-9-7-11-13(17-6-5-16-11)12-8(9)3-1-2-4-10(12)15/h7,10H,1-6,15H2/t10-/m1/s1. The maximum Gasteiger partial charge on any atom is 0.166 e. The molecule has 0 amide bonds. The minimum atomic E-state index is 0.0154. The molecule has 3 rings (SSSR count). The number of benzene rings is 1. The van der Waals surface area contributed by atoms with Crippen molar-refractivity contribution in [2.24, 2.45) is 5.73 Å². The Bertz CT molecular complexity index is 448. The third kappa shape index (κ3) is 1.87. The summed E-state index contributed by atoms with van der Waals surface area (Å²) < 4.78 is 11.3. The van der Waals surface area contributed by atoms with Gasteiger partial charge < -0.3 is 15.2 Å². The summed E-state index contributed by atoms with van der Waals surface area (Å²) in [6.45, 7) is 1.17. The molecular formula is C13H16ClNO2. The van der Waals surface area contributed by atoms with Gasteiger partial charge in [-0.3, -0.25) is 0 Å². The smallest absolute Gasteiger partial charge is 0.166 e. The molecule has 3 nitrogen and oxygen atoms in total. The summed E-state index contributed by atoms with van der Waals surface area (Å²) in [7, 11) is 0. The highest BCUT2D eigenvalue weighted by atomic mass is 35.5. The number of nitrogens with two attached hydrogens (primary N) is 1. The van der Waals surface area contributed by atoms with Crippen LogP contribution >= 0.6 is 11.6 Å². The van der Waals surface area contributed by atoms with Crippen molar-refractivity contribution in [2.45, 2.75) is 31.7 Å². The second-order valence-corrected chi connectivity index (χ2v) is 5.03. The van der Waals surface area contributed by atoms with E-state index in [9.17, 15) is 0 Å². The Morgan fingerprint density at radius 1 is 1.24 bits per heavy atom. The minimum absolute atomic E-state index is 0.0154. The van der Waals surface area contributed by atoms with Gasteiger partial charge in [0.05, 0.1) is 0 Å². The van der Waals surface area contributed by atoms with Crippen LogP contribution in [0, 0.1) is 0 Å². The van der Waals surface area contributed by atoms with Crippen LogP contribution in [0.25, 0.3) is 0 Å². The highest BCUT2D eigenvalue weighted by Gasteiger charge is 2.27. The van der Waals surface area contributed by atoms with Gasteiger partial charge in [0.2, 0.25) is 0 Å². The Balaban J connectivity index is 2.19. The van der Waals surface area contributed by atoms with Crippen molar-refractivity contribution in [2.75, 3.05) is 13.2 Å². The molecule has 1 aromatic carbocycles. The molecular weight excluding hydrogens is 238 g/mol. The number of fused-ring (bicyclic) bond motifs is 3. The SMILES string of the molecule is N[C@@H]1CCCCc2c(Cl)cc3c(c21)OCCO3. The first-order valence-corrected chi connectivity index (χ1v) is 6.51. The lowest BCUT2D eigenvalue weighted by molar-refractivity contribution is 0.169. The zero-order valence-corrected chi connectivity index (χ0v) is 10.4. The molecule has 0 spiro atoms. The van der Waals surface area contributed by atoms with Crippen LogP contribution in [0.5, 0.6) is 11.5 Å². The largest absolute Gasteiger partial charge is 0.486 e. The molecule has 4 heteroatoms. The van der Waals surface area contributed by atoms with E-state index in [0.717, 1.165) is 53.3 Å². The lowest BCUT2D eigenvalue weighted by Crippen LogP contribution is -2.20. The maximum atomic E-state index is 6.33. The maximum absolute atomic E-state index is 6.33. The molecule has 0 saturated carbocycles. The molecule has 1 heterocycles. The summed E-state index contributed by atoms with van der Waals surface area (Å²) in [5.41, 5.74) is 8.47. The molecule has 0 unspecified atom stereocenters. The van der Waals surface area contributed by atoms with E-state index in [1.165, 1.54) is 0 Å². The van der Waals surface area contributed by atoms with E-state index in [2.05, 4.69) is 0 Å². The van der Waals surface area contributed by atoms with Gasteiger partial charge in [0, 0.05) is 22.7 Å². The van der Waals surface area contributed by atoms with Gasteiger partial charge in [-0.15, -0.1) is 0 Å². The summed E-state index contributed by atoms with van der Waals surface area (Å²) in [5.74, 6) is 1.57. The van der Waals surface area contributed by atoms with E-state index in [0.29, 0.717) is 13.2 Å². The van der Waals surface area contributed by atoms with E-state index in [4.69, 9.17) is 26.8 Å². The lowest BCUT2D eigenvalue weighted by Gasteiger charge is -2.25. The van der Waals surface area contributed by atoms with Crippen LogP contribution in [-0.2, 0) is 6.42 Å². The Labute approximate surface area is 106 Å². The highest BCUT2D eigenvalue weighted by Crippen LogP contribution is 2.45. The average molecular weight is 254 g/mol. The zero-order valence-electron chi connectivity index (χ0n) is 9.67. The van der Waals surface area contributed by atoms with Gasteiger partial charge in [0.15, 0.2) is 11.5 Å². The van der Waals surface area contributed by atoms with Crippen LogP contribution in [-0.4, -0.2) is 13.2 Å². The van der Waals surface area contributed by atoms with Gasteiger partial charge in [-0.25, -0.2) is 0 Å². The van der Waals surface area contributed by atoms with Crippen LogP contribution in [0.1, 0.15) is 36.4 Å². The molecule has 0 aromatic heterocycles. The number of hydrogen-bond donors (Lipinski definition) is 1. The zero-order chi connectivity index (χ0) is 11.8. The molecule has 92 valence electrons. The van der Waals surface area contributed by atoms with Gasteiger partial charge in [0.1, 0.15) is 13.2 Å². The first kappa shape index (κ1) is 11.2. The number of halogens is 1. The molecule has 1 aliphatic heterocycles. The minimum Gasteiger partial charge on any atom is -0.486 e. The van der Waals surface area contributed by atoms with Gasteiger partial charge in [0.25, 0.3) is 0 Å². The molecule has 17 heavy (non-hydrogen) atoms. The quantitative estimate of drug-likeness (QED) is 0.723. The summed E-state index contributed by atoms with van der Waals surface area (Å²) in [6, 6.07) is 1.88. The number of hydrogen-bond acceptors (Lipinski definition) is 3. The van der Waals surface area contributed by atoms with E-state index < -0.39 is 0 Å². The Kier molecular flexibility index (Phi) is 2.89. The van der Waals surface area contributed by atoms with Crippen molar-refractivity contribution < 1.29 is 9.47 Å². The molecule has 0 radical (unpaired) electrons. The summed E-state index contributed by atoms with van der Waals surface area (Å²) in [6.07, 6.45) is 4.25. The number of ether oxygens (including phenoxy) is 2. The van der Waals surface area contributed by atoms with Crippen molar-refractivity contribution in [3.8, 4) is 11.5 Å². The molecule has 2 aliphatic rings. The van der Waals surface area contributed by atoms with Crippen molar-refractivity contribution >= 4 is 11.6 Å². The van der Waals surface area contributed by atoms with Crippen molar-refractivity contribution in [1.82, 2.24) is 0 Å². The lowest BCUT2D eigenvalue weighted by atomic mass is 9.97. The molecule has 1 atom stereocenters. The van der Waals surface area contributed by atoms with Crippen molar-refractivity contribution in [3.63, 3.8) is 0 Å². The van der Waals surface area contributed by atoms with Crippen LogP contribution in [0.4, 0.5) is 0 Å². The van der Waals surface area contributed by atoms with Crippen LogP contribution in [0.15, 0.2) is 6.07 Å². The third-order valence-electron chi connectivity index (χ3n) is 3.49. The fourth-order valence-electron chi connectivity index (χ4n) is 2.67. The Hall–Kier alpha value is -0.930. The molecule has 2 N–H and O–H groups in total. The van der Waals surface area contributed by atoms with Gasteiger partial charge in [-0.1, -0.05) is 18.0 Å². The van der Waals surface area contributed by atoms with Gasteiger partial charge in [-0.2, -0.15) is 0 Å². The molecule has 1 aliphatic carbocycles. The highest BCUT2D eigenvalue weighted by molar-refractivity contribution is 6.31. The normalized spacial score (nSPS) is 22.8. The second kappa shape index (κ2) is 4.39. The first-order valence-electron chi connectivity index (χ1n) is 6.14. The summed E-state index contributed by atoms with van der Waals surface area (Å²) in [4.78, 5) is 0.